The van der Waals surface area contributed by atoms with E-state index in [1.807, 2.05) is 42.0 Å². The van der Waals surface area contributed by atoms with Gasteiger partial charge in [0.05, 0.1) is 0 Å². The van der Waals surface area contributed by atoms with Gasteiger partial charge in [0.15, 0.2) is 0 Å². The topological polar surface area (TPSA) is 38.0 Å². The lowest BCUT2D eigenvalue weighted by Gasteiger charge is -2.24. The Hall–Kier alpha value is -1.61. The first-order valence-corrected chi connectivity index (χ1v) is 6.37. The van der Waals surface area contributed by atoms with Crippen LogP contribution in [0.1, 0.15) is 37.2 Å². The number of hydrogen-bond acceptors (Lipinski definition) is 2. The standard InChI is InChI=1S/C15H20N2O/c1-4-10-17-11-9-16-14(17)15(3,18)13-7-5-12(2)6-8-13/h5-9,11,18H,4,10H2,1-3H3. The maximum atomic E-state index is 10.8. The number of aryl methyl sites for hydroxylation is 2. The molecule has 96 valence electrons. The lowest BCUT2D eigenvalue weighted by Crippen LogP contribution is -2.27. The highest BCUT2D eigenvalue weighted by molar-refractivity contribution is 5.31. The molecule has 0 amide bonds. The van der Waals surface area contributed by atoms with E-state index in [2.05, 4.69) is 11.9 Å². The van der Waals surface area contributed by atoms with E-state index in [-0.39, 0.29) is 0 Å². The summed E-state index contributed by atoms with van der Waals surface area (Å²) in [6, 6.07) is 7.94. The summed E-state index contributed by atoms with van der Waals surface area (Å²) in [5.74, 6) is 0.702. The van der Waals surface area contributed by atoms with Gasteiger partial charge in [0.1, 0.15) is 11.4 Å². The van der Waals surface area contributed by atoms with Crippen molar-refractivity contribution in [2.75, 3.05) is 0 Å². The van der Waals surface area contributed by atoms with Crippen LogP contribution in [0.2, 0.25) is 0 Å². The molecule has 1 aromatic heterocycles. The molecule has 0 aliphatic carbocycles. The van der Waals surface area contributed by atoms with Crippen molar-refractivity contribution in [3.63, 3.8) is 0 Å². The van der Waals surface area contributed by atoms with Crippen LogP contribution >= 0.6 is 0 Å². The molecule has 0 bridgehead atoms. The Morgan fingerprint density at radius 2 is 1.94 bits per heavy atom. The van der Waals surface area contributed by atoms with Crippen molar-refractivity contribution in [1.82, 2.24) is 9.55 Å². The van der Waals surface area contributed by atoms with Gasteiger partial charge in [0, 0.05) is 18.9 Å². The molecule has 1 aromatic carbocycles. The molecule has 0 spiro atoms. The molecule has 2 rings (SSSR count). The van der Waals surface area contributed by atoms with Crippen molar-refractivity contribution in [2.24, 2.45) is 0 Å². The fourth-order valence-corrected chi connectivity index (χ4v) is 2.16. The fourth-order valence-electron chi connectivity index (χ4n) is 2.16. The van der Waals surface area contributed by atoms with Crippen LogP contribution in [0.3, 0.4) is 0 Å². The van der Waals surface area contributed by atoms with Crippen molar-refractivity contribution < 1.29 is 5.11 Å². The van der Waals surface area contributed by atoms with Crippen LogP contribution < -0.4 is 0 Å². The van der Waals surface area contributed by atoms with E-state index >= 15 is 0 Å². The molecule has 1 N–H and O–H groups in total. The highest BCUT2D eigenvalue weighted by atomic mass is 16.3. The minimum Gasteiger partial charge on any atom is -0.377 e. The molecular formula is C15H20N2O. The normalized spacial score (nSPS) is 14.4. The molecule has 1 atom stereocenters. The van der Waals surface area contributed by atoms with E-state index in [4.69, 9.17) is 0 Å². The number of benzene rings is 1. The van der Waals surface area contributed by atoms with E-state index in [0.717, 1.165) is 18.5 Å². The average Bonchev–Trinajstić information content (AvgIpc) is 2.79. The summed E-state index contributed by atoms with van der Waals surface area (Å²) in [4.78, 5) is 4.32. The predicted molar refractivity (Wildman–Crippen MR) is 72.4 cm³/mol. The summed E-state index contributed by atoms with van der Waals surface area (Å²) in [6.45, 7) is 6.82. The molecule has 0 saturated carbocycles. The molecule has 1 heterocycles. The molecule has 1 unspecified atom stereocenters. The second kappa shape index (κ2) is 4.94. The number of nitrogens with zero attached hydrogens (tertiary/aromatic N) is 2. The fraction of sp³-hybridized carbons (Fsp3) is 0.400. The Morgan fingerprint density at radius 1 is 1.28 bits per heavy atom. The number of aliphatic hydroxyl groups is 1. The van der Waals surface area contributed by atoms with Crippen molar-refractivity contribution >= 4 is 0 Å². The summed E-state index contributed by atoms with van der Waals surface area (Å²) in [6.07, 6.45) is 4.68. The van der Waals surface area contributed by atoms with Gasteiger partial charge in [-0.2, -0.15) is 0 Å². The summed E-state index contributed by atoms with van der Waals surface area (Å²) in [7, 11) is 0. The molecule has 0 saturated heterocycles. The van der Waals surface area contributed by atoms with Crippen LogP contribution in [-0.2, 0) is 12.1 Å². The van der Waals surface area contributed by atoms with Gasteiger partial charge < -0.3 is 9.67 Å². The summed E-state index contributed by atoms with van der Waals surface area (Å²) < 4.78 is 2.01. The van der Waals surface area contributed by atoms with Gasteiger partial charge >= 0.3 is 0 Å². The summed E-state index contributed by atoms with van der Waals surface area (Å²) in [5, 5.41) is 10.8. The van der Waals surface area contributed by atoms with Crippen LogP contribution in [0.25, 0.3) is 0 Å². The average molecular weight is 244 g/mol. The van der Waals surface area contributed by atoms with Gasteiger partial charge in [-0.3, -0.25) is 0 Å². The Bertz CT molecular complexity index is 512. The lowest BCUT2D eigenvalue weighted by molar-refractivity contribution is 0.0879. The molecule has 0 aliphatic heterocycles. The largest absolute Gasteiger partial charge is 0.377 e. The molecule has 3 nitrogen and oxygen atoms in total. The number of rotatable bonds is 4. The first-order valence-electron chi connectivity index (χ1n) is 6.37. The second-order valence-electron chi connectivity index (χ2n) is 4.88. The van der Waals surface area contributed by atoms with Gasteiger partial charge in [-0.25, -0.2) is 4.98 Å². The molecule has 3 heteroatoms. The Kier molecular flexibility index (Phi) is 3.53. The summed E-state index contributed by atoms with van der Waals surface area (Å²) >= 11 is 0. The molecule has 2 aromatic rings. The van der Waals surface area contributed by atoms with Crippen LogP contribution in [0.4, 0.5) is 0 Å². The van der Waals surface area contributed by atoms with Crippen LogP contribution in [0.15, 0.2) is 36.7 Å². The maximum Gasteiger partial charge on any atom is 0.145 e. The first kappa shape index (κ1) is 12.8. The first-order chi connectivity index (χ1) is 8.55. The highest BCUT2D eigenvalue weighted by Crippen LogP contribution is 2.28. The Labute approximate surface area is 108 Å². The van der Waals surface area contributed by atoms with Crippen LogP contribution in [0.5, 0.6) is 0 Å². The predicted octanol–water partition coefficient (Wildman–Crippen LogP) is 2.86. The molecule has 0 fully saturated rings. The number of hydrogen-bond donors (Lipinski definition) is 1. The van der Waals surface area contributed by atoms with E-state index in [0.29, 0.717) is 5.82 Å². The summed E-state index contributed by atoms with van der Waals surface area (Å²) in [5.41, 5.74) is 1.01. The zero-order valence-corrected chi connectivity index (χ0v) is 11.2. The van der Waals surface area contributed by atoms with Crippen molar-refractivity contribution in [2.45, 2.75) is 39.3 Å². The van der Waals surface area contributed by atoms with Crippen molar-refractivity contribution in [1.29, 1.82) is 0 Å². The Balaban J connectivity index is 2.40. The smallest absolute Gasteiger partial charge is 0.145 e. The van der Waals surface area contributed by atoms with Gasteiger partial charge in [-0.15, -0.1) is 0 Å². The maximum absolute atomic E-state index is 10.8. The molecule has 0 radical (unpaired) electrons. The van der Waals surface area contributed by atoms with E-state index in [1.54, 1.807) is 13.1 Å². The zero-order chi connectivity index (χ0) is 13.2. The Morgan fingerprint density at radius 3 is 2.56 bits per heavy atom. The van der Waals surface area contributed by atoms with Crippen molar-refractivity contribution in [3.05, 3.63) is 53.6 Å². The lowest BCUT2D eigenvalue weighted by atomic mass is 9.94. The van der Waals surface area contributed by atoms with E-state index in [1.165, 1.54) is 5.56 Å². The number of aromatic nitrogens is 2. The quantitative estimate of drug-likeness (QED) is 0.898. The van der Waals surface area contributed by atoms with Gasteiger partial charge in [0.25, 0.3) is 0 Å². The third kappa shape index (κ3) is 2.31. The molecule has 0 aliphatic rings. The van der Waals surface area contributed by atoms with Gasteiger partial charge in [0.2, 0.25) is 0 Å². The highest BCUT2D eigenvalue weighted by Gasteiger charge is 2.30. The number of imidazole rings is 1. The molecular weight excluding hydrogens is 224 g/mol. The van der Waals surface area contributed by atoms with E-state index in [9.17, 15) is 5.11 Å². The minimum atomic E-state index is -1.05. The van der Waals surface area contributed by atoms with Gasteiger partial charge in [-0.05, 0) is 25.8 Å². The van der Waals surface area contributed by atoms with E-state index < -0.39 is 5.60 Å². The SMILES string of the molecule is CCCn1ccnc1C(C)(O)c1ccc(C)cc1. The zero-order valence-electron chi connectivity index (χ0n) is 11.2. The third-order valence-corrected chi connectivity index (χ3v) is 3.23. The second-order valence-corrected chi connectivity index (χ2v) is 4.88. The monoisotopic (exact) mass is 244 g/mol. The third-order valence-electron chi connectivity index (χ3n) is 3.23. The van der Waals surface area contributed by atoms with Crippen LogP contribution in [0, 0.1) is 6.92 Å². The minimum absolute atomic E-state index is 0.702. The van der Waals surface area contributed by atoms with Gasteiger partial charge in [-0.1, -0.05) is 36.8 Å². The van der Waals surface area contributed by atoms with Crippen molar-refractivity contribution in [3.8, 4) is 0 Å². The molecule has 18 heavy (non-hydrogen) atoms. The van der Waals surface area contributed by atoms with Crippen LogP contribution in [-0.4, -0.2) is 14.7 Å².